The maximum Gasteiger partial charge on any atom is 0.417 e. The van der Waals surface area contributed by atoms with E-state index in [4.69, 9.17) is 16.3 Å². The number of nitrogens with one attached hydrogen (secondary N) is 2. The quantitative estimate of drug-likeness (QED) is 0.575. The van der Waals surface area contributed by atoms with Gasteiger partial charge in [-0.25, -0.2) is 4.98 Å². The molecule has 0 atom stereocenters. The summed E-state index contributed by atoms with van der Waals surface area (Å²) in [4.78, 5) is 30.3. The lowest BCUT2D eigenvalue weighted by Gasteiger charge is -2.10. The van der Waals surface area contributed by atoms with Crippen LogP contribution < -0.4 is 5.32 Å². The van der Waals surface area contributed by atoms with Crippen LogP contribution in [0.4, 0.5) is 19.0 Å². The highest BCUT2D eigenvalue weighted by atomic mass is 35.5. The van der Waals surface area contributed by atoms with Gasteiger partial charge in [-0.15, -0.1) is 0 Å². The number of amides is 1. The van der Waals surface area contributed by atoms with Crippen molar-refractivity contribution in [1.29, 1.82) is 0 Å². The van der Waals surface area contributed by atoms with Gasteiger partial charge in [-0.3, -0.25) is 9.59 Å². The zero-order chi connectivity index (χ0) is 21.0. The van der Waals surface area contributed by atoms with Crippen molar-refractivity contribution in [3.05, 3.63) is 58.9 Å². The summed E-state index contributed by atoms with van der Waals surface area (Å²) < 4.78 is 42.7. The average molecular weight is 426 g/mol. The number of ether oxygens (including phenoxy) is 1. The number of esters is 1. The molecule has 2 heterocycles. The normalized spacial score (nSPS) is 11.4. The molecule has 0 saturated heterocycles. The van der Waals surface area contributed by atoms with Gasteiger partial charge in [-0.05, 0) is 24.1 Å². The van der Waals surface area contributed by atoms with Crippen LogP contribution in [-0.4, -0.2) is 28.5 Å². The van der Waals surface area contributed by atoms with Crippen molar-refractivity contribution < 1.29 is 27.5 Å². The van der Waals surface area contributed by atoms with Gasteiger partial charge in [0, 0.05) is 29.7 Å². The molecular formula is C19H15ClF3N3O3. The van der Waals surface area contributed by atoms with Gasteiger partial charge in [0.25, 0.3) is 5.91 Å². The van der Waals surface area contributed by atoms with E-state index in [0.29, 0.717) is 18.7 Å². The Morgan fingerprint density at radius 1 is 1.24 bits per heavy atom. The summed E-state index contributed by atoms with van der Waals surface area (Å²) in [5.74, 6) is -1.60. The van der Waals surface area contributed by atoms with Gasteiger partial charge in [0.05, 0.1) is 10.6 Å². The smallest absolute Gasteiger partial charge is 0.417 e. The van der Waals surface area contributed by atoms with E-state index in [1.165, 1.54) is 0 Å². The van der Waals surface area contributed by atoms with Crippen molar-refractivity contribution >= 4 is 40.2 Å². The minimum Gasteiger partial charge on any atom is -0.456 e. The number of halogens is 4. The number of rotatable bonds is 6. The summed E-state index contributed by atoms with van der Waals surface area (Å²) in [6, 6.07) is 8.29. The second kappa shape index (κ2) is 8.52. The highest BCUT2D eigenvalue weighted by molar-refractivity contribution is 6.33. The van der Waals surface area contributed by atoms with Crippen LogP contribution in [0.3, 0.4) is 0 Å². The number of hydrogen-bond acceptors (Lipinski definition) is 4. The summed E-state index contributed by atoms with van der Waals surface area (Å²) in [6.07, 6.45) is -1.75. The van der Waals surface area contributed by atoms with Gasteiger partial charge in [0.15, 0.2) is 12.4 Å². The summed E-state index contributed by atoms with van der Waals surface area (Å²) >= 11 is 5.71. The lowest BCUT2D eigenvalue weighted by molar-refractivity contribution is -0.147. The molecule has 0 radical (unpaired) electrons. The average Bonchev–Trinajstić information content (AvgIpc) is 3.08. The first-order valence-electron chi connectivity index (χ1n) is 8.47. The fourth-order valence-electron chi connectivity index (χ4n) is 2.65. The minimum atomic E-state index is -4.60. The molecule has 1 amide bonds. The number of hydrogen-bond donors (Lipinski definition) is 2. The molecule has 1 aromatic carbocycles. The SMILES string of the molecule is O=C(COC(=O)CCc1c[nH]c2ccccc12)Nc1ncc(C(F)(F)F)cc1Cl. The zero-order valence-corrected chi connectivity index (χ0v) is 15.6. The van der Waals surface area contributed by atoms with E-state index in [0.717, 1.165) is 16.5 Å². The number of H-pyrrole nitrogens is 1. The number of benzene rings is 1. The molecule has 0 aliphatic rings. The van der Waals surface area contributed by atoms with Crippen LogP contribution in [0.25, 0.3) is 10.9 Å². The van der Waals surface area contributed by atoms with Crippen molar-refractivity contribution in [2.45, 2.75) is 19.0 Å². The molecule has 0 unspecified atom stereocenters. The molecular weight excluding hydrogens is 411 g/mol. The largest absolute Gasteiger partial charge is 0.456 e. The summed E-state index contributed by atoms with van der Waals surface area (Å²) in [5.41, 5.74) is 0.864. The highest BCUT2D eigenvalue weighted by Crippen LogP contribution is 2.32. The van der Waals surface area contributed by atoms with Crippen molar-refractivity contribution in [3.8, 4) is 0 Å². The number of aryl methyl sites for hydroxylation is 1. The molecule has 3 aromatic rings. The number of alkyl halides is 3. The number of carbonyl (C=O) groups excluding carboxylic acids is 2. The molecule has 0 fully saturated rings. The maximum absolute atomic E-state index is 12.6. The predicted octanol–water partition coefficient (Wildman–Crippen LogP) is 4.35. The van der Waals surface area contributed by atoms with Crippen molar-refractivity contribution in [3.63, 3.8) is 0 Å². The van der Waals surface area contributed by atoms with Gasteiger partial charge in [-0.2, -0.15) is 13.2 Å². The van der Waals surface area contributed by atoms with Crippen LogP contribution in [-0.2, 0) is 26.9 Å². The number of fused-ring (bicyclic) bond motifs is 1. The molecule has 0 saturated carbocycles. The first-order valence-corrected chi connectivity index (χ1v) is 8.85. The van der Waals surface area contributed by atoms with Gasteiger partial charge in [-0.1, -0.05) is 29.8 Å². The molecule has 29 heavy (non-hydrogen) atoms. The van der Waals surface area contributed by atoms with E-state index < -0.39 is 30.2 Å². The van der Waals surface area contributed by atoms with Crippen molar-refractivity contribution in [2.24, 2.45) is 0 Å². The van der Waals surface area contributed by atoms with Crippen LogP contribution in [0.15, 0.2) is 42.7 Å². The Bertz CT molecular complexity index is 1050. The van der Waals surface area contributed by atoms with Crippen LogP contribution >= 0.6 is 11.6 Å². The van der Waals surface area contributed by atoms with Crippen LogP contribution in [0.1, 0.15) is 17.5 Å². The Hall–Kier alpha value is -3.07. The molecule has 3 rings (SSSR count). The first kappa shape index (κ1) is 20.7. The summed E-state index contributed by atoms with van der Waals surface area (Å²) in [6.45, 7) is -0.605. The van der Waals surface area contributed by atoms with Crippen molar-refractivity contribution in [2.75, 3.05) is 11.9 Å². The third-order valence-electron chi connectivity index (χ3n) is 4.06. The van der Waals surface area contributed by atoms with E-state index in [1.807, 2.05) is 30.5 Å². The molecule has 0 aliphatic carbocycles. The second-order valence-electron chi connectivity index (χ2n) is 6.12. The molecule has 152 valence electrons. The number of anilines is 1. The van der Waals surface area contributed by atoms with Gasteiger partial charge >= 0.3 is 12.1 Å². The molecule has 2 N–H and O–H groups in total. The molecule has 0 aliphatic heterocycles. The van der Waals surface area contributed by atoms with Gasteiger partial charge in [0.2, 0.25) is 0 Å². The monoisotopic (exact) mass is 425 g/mol. The Labute approximate surface area is 168 Å². The van der Waals surface area contributed by atoms with Gasteiger partial charge in [0.1, 0.15) is 0 Å². The molecule has 6 nitrogen and oxygen atoms in total. The predicted molar refractivity (Wildman–Crippen MR) is 100 cm³/mol. The first-order chi connectivity index (χ1) is 13.7. The Morgan fingerprint density at radius 3 is 2.72 bits per heavy atom. The summed E-state index contributed by atoms with van der Waals surface area (Å²) in [5, 5.41) is 2.83. The zero-order valence-electron chi connectivity index (χ0n) is 14.8. The lowest BCUT2D eigenvalue weighted by atomic mass is 10.1. The minimum absolute atomic E-state index is 0.0639. The number of aromatic nitrogens is 2. The lowest BCUT2D eigenvalue weighted by Crippen LogP contribution is -2.22. The number of carbonyl (C=O) groups is 2. The van der Waals surface area contributed by atoms with Crippen LogP contribution in [0.2, 0.25) is 5.02 Å². The van der Waals surface area contributed by atoms with Crippen LogP contribution in [0, 0.1) is 0 Å². The Morgan fingerprint density at radius 2 is 2.00 bits per heavy atom. The molecule has 0 spiro atoms. The third-order valence-corrected chi connectivity index (χ3v) is 4.35. The number of nitrogens with zero attached hydrogens (tertiary/aromatic N) is 1. The number of aromatic amines is 1. The van der Waals surface area contributed by atoms with E-state index in [-0.39, 0.29) is 17.3 Å². The van der Waals surface area contributed by atoms with E-state index in [1.54, 1.807) is 0 Å². The van der Waals surface area contributed by atoms with Crippen molar-refractivity contribution in [1.82, 2.24) is 9.97 Å². The van der Waals surface area contributed by atoms with E-state index in [2.05, 4.69) is 15.3 Å². The number of para-hydroxylation sites is 1. The fraction of sp³-hybridized carbons (Fsp3) is 0.211. The molecule has 2 aromatic heterocycles. The second-order valence-corrected chi connectivity index (χ2v) is 6.53. The molecule has 10 heteroatoms. The maximum atomic E-state index is 12.6. The highest BCUT2D eigenvalue weighted by Gasteiger charge is 2.31. The molecule has 0 bridgehead atoms. The van der Waals surface area contributed by atoms with E-state index >= 15 is 0 Å². The summed E-state index contributed by atoms with van der Waals surface area (Å²) in [7, 11) is 0. The topological polar surface area (TPSA) is 84.1 Å². The fourth-order valence-corrected chi connectivity index (χ4v) is 2.86. The third kappa shape index (κ3) is 5.26. The van der Waals surface area contributed by atoms with Crippen LogP contribution in [0.5, 0.6) is 0 Å². The van der Waals surface area contributed by atoms with E-state index in [9.17, 15) is 22.8 Å². The Kier molecular flexibility index (Phi) is 6.07. The Balaban J connectivity index is 1.48. The van der Waals surface area contributed by atoms with Gasteiger partial charge < -0.3 is 15.0 Å². The number of pyridine rings is 1. The standard InChI is InChI=1S/C19H15ClF3N3O3/c20-14-7-12(19(21,22)23)9-25-18(14)26-16(27)10-29-17(28)6-5-11-8-24-15-4-2-1-3-13(11)15/h1-4,7-9,24H,5-6,10H2,(H,25,26,27).